The van der Waals surface area contributed by atoms with Crippen molar-refractivity contribution in [1.29, 1.82) is 0 Å². The smallest absolute Gasteiger partial charge is 0.217 e. The minimum absolute atomic E-state index is 0. The summed E-state index contributed by atoms with van der Waals surface area (Å²) in [5.41, 5.74) is 6.29. The third kappa shape index (κ3) is 5.07. The quantitative estimate of drug-likeness (QED) is 0.171. The van der Waals surface area contributed by atoms with E-state index in [1.807, 2.05) is 97.2 Å². The minimum atomic E-state index is -0.0402. The summed E-state index contributed by atoms with van der Waals surface area (Å²) in [5.74, 6) is 1.89. The van der Waals surface area contributed by atoms with Crippen LogP contribution in [-0.2, 0) is 21.1 Å². The molecule has 5 aromatic carbocycles. The Kier molecular flexibility index (Phi) is 7.73. The molecule has 0 saturated carbocycles. The maximum Gasteiger partial charge on any atom is 0.217 e. The molecule has 8 aromatic rings. The Morgan fingerprint density at radius 3 is 2.20 bits per heavy atom. The van der Waals surface area contributed by atoms with Crippen LogP contribution in [0.3, 0.4) is 0 Å². The van der Waals surface area contributed by atoms with Gasteiger partial charge in [-0.05, 0) is 58.0 Å². The topological polar surface area (TPSA) is 69.4 Å². The van der Waals surface area contributed by atoms with Gasteiger partial charge in [0.05, 0.1) is 7.11 Å². The number of phenols is 1. The molecule has 8 rings (SSSR count). The number of ether oxygens (including phenoxy) is 2. The van der Waals surface area contributed by atoms with E-state index >= 15 is 0 Å². The predicted octanol–water partition coefficient (Wildman–Crippen LogP) is 9.37. The van der Waals surface area contributed by atoms with Gasteiger partial charge in [-0.3, -0.25) is 0 Å². The minimum Gasteiger partial charge on any atom is -0.503 e. The van der Waals surface area contributed by atoms with Gasteiger partial charge in [-0.1, -0.05) is 84.4 Å². The number of benzene rings is 5. The van der Waals surface area contributed by atoms with Crippen LogP contribution in [0.25, 0.3) is 60.8 Å². The Morgan fingerprint density at radius 2 is 1.41 bits per heavy atom. The van der Waals surface area contributed by atoms with Crippen molar-refractivity contribution in [3.8, 4) is 51.2 Å². The molecule has 0 saturated heterocycles. The Hall–Kier alpha value is -5.45. The van der Waals surface area contributed by atoms with Gasteiger partial charge in [0.2, 0.25) is 5.88 Å². The van der Waals surface area contributed by atoms with E-state index in [0.29, 0.717) is 22.9 Å². The van der Waals surface area contributed by atoms with Crippen LogP contribution in [0, 0.1) is 6.07 Å². The van der Waals surface area contributed by atoms with Gasteiger partial charge in [-0.25, -0.2) is 9.97 Å². The number of phenolic OH excluding ortho intramolecular Hbond substituents is 1. The van der Waals surface area contributed by atoms with E-state index in [2.05, 4.69) is 41.0 Å². The van der Waals surface area contributed by atoms with Gasteiger partial charge in [0.1, 0.15) is 11.3 Å². The zero-order valence-electron chi connectivity index (χ0n) is 24.6. The second kappa shape index (κ2) is 12.1. The van der Waals surface area contributed by atoms with Crippen LogP contribution in [0.5, 0.6) is 23.1 Å². The molecule has 0 spiro atoms. The fourth-order valence-corrected chi connectivity index (χ4v) is 5.94. The van der Waals surface area contributed by atoms with Gasteiger partial charge in [0.25, 0.3) is 0 Å². The molecule has 7 heteroatoms. The molecule has 0 aliphatic rings. The summed E-state index contributed by atoms with van der Waals surface area (Å²) in [5, 5.41) is 14.0. The molecule has 0 aliphatic heterocycles. The van der Waals surface area contributed by atoms with E-state index in [4.69, 9.17) is 19.4 Å². The van der Waals surface area contributed by atoms with Crippen molar-refractivity contribution in [2.24, 2.45) is 0 Å². The number of methoxy groups -OCH3 is 1. The fourth-order valence-electron chi connectivity index (χ4n) is 5.94. The standard InChI is InChI=1S/C39H26N3O3.Pt/c1-44-35-19-18-31-32(26-12-6-3-7-13-26)24-37(41-38(31)39(35)43)45-28-16-17-30-29-14-8-9-15-33(29)42(34(30)23-28)36-22-27(20-21-40-36)25-10-4-2-5-11-25;/h2-22,24,43H,1H3;/q-1;. The van der Waals surface area contributed by atoms with Crippen molar-refractivity contribution in [1.82, 2.24) is 14.5 Å². The third-order valence-corrected chi connectivity index (χ3v) is 8.05. The third-order valence-electron chi connectivity index (χ3n) is 8.05. The predicted molar refractivity (Wildman–Crippen MR) is 178 cm³/mol. The Morgan fingerprint density at radius 1 is 0.696 bits per heavy atom. The summed E-state index contributed by atoms with van der Waals surface area (Å²) in [4.78, 5) is 9.50. The van der Waals surface area contributed by atoms with Crippen LogP contribution in [0.4, 0.5) is 0 Å². The number of para-hydroxylation sites is 1. The molecular weight excluding hydrogens is 754 g/mol. The van der Waals surface area contributed by atoms with Crippen LogP contribution in [0.2, 0.25) is 0 Å². The van der Waals surface area contributed by atoms with E-state index in [0.717, 1.165) is 55.3 Å². The van der Waals surface area contributed by atoms with E-state index in [1.54, 1.807) is 6.07 Å². The molecule has 0 fully saturated rings. The maximum atomic E-state index is 11.0. The normalized spacial score (nSPS) is 11.1. The first kappa shape index (κ1) is 29.3. The van der Waals surface area contributed by atoms with Crippen LogP contribution in [-0.4, -0.2) is 26.8 Å². The SMILES string of the molecule is COc1ccc2c(-c3ccccc3)cc(Oc3[c-]c4c(cc3)c3ccccc3n4-c3cc(-c4ccccc4)ccn3)nc2c1O.[Pt]. The molecule has 0 bridgehead atoms. The first-order valence-corrected chi connectivity index (χ1v) is 14.6. The largest absolute Gasteiger partial charge is 0.503 e. The Balaban J connectivity index is 0.00000338. The van der Waals surface area contributed by atoms with Crippen LogP contribution in [0.15, 0.2) is 134 Å². The summed E-state index contributed by atoms with van der Waals surface area (Å²) in [6.45, 7) is 0. The van der Waals surface area contributed by atoms with Crippen molar-refractivity contribution >= 4 is 32.7 Å². The van der Waals surface area contributed by atoms with Crippen molar-refractivity contribution in [2.75, 3.05) is 7.11 Å². The molecule has 0 aliphatic carbocycles. The molecule has 1 N–H and O–H groups in total. The molecule has 0 amide bonds. The van der Waals surface area contributed by atoms with Crippen LogP contribution in [0.1, 0.15) is 0 Å². The average Bonchev–Trinajstić information content (AvgIpc) is 3.43. The molecule has 0 atom stereocenters. The van der Waals surface area contributed by atoms with E-state index in [-0.39, 0.29) is 26.8 Å². The van der Waals surface area contributed by atoms with Gasteiger partial charge < -0.3 is 19.1 Å². The van der Waals surface area contributed by atoms with Crippen molar-refractivity contribution < 1.29 is 35.6 Å². The van der Waals surface area contributed by atoms with Crippen LogP contribution >= 0.6 is 0 Å². The number of aromatic nitrogens is 3. The number of pyridine rings is 2. The second-order valence-electron chi connectivity index (χ2n) is 10.7. The summed E-state index contributed by atoms with van der Waals surface area (Å²) in [6.07, 6.45) is 1.84. The van der Waals surface area contributed by atoms with E-state index < -0.39 is 0 Å². The van der Waals surface area contributed by atoms with Crippen molar-refractivity contribution in [3.63, 3.8) is 0 Å². The molecule has 0 unspecified atom stereocenters. The molecule has 46 heavy (non-hydrogen) atoms. The number of fused-ring (bicyclic) bond motifs is 4. The molecule has 3 aromatic heterocycles. The van der Waals surface area contributed by atoms with Gasteiger partial charge in [-0.15, -0.1) is 17.5 Å². The van der Waals surface area contributed by atoms with E-state index in [1.165, 1.54) is 7.11 Å². The number of rotatable bonds is 6. The molecule has 3 heterocycles. The number of hydrogen-bond acceptors (Lipinski definition) is 5. The summed E-state index contributed by atoms with van der Waals surface area (Å²) >= 11 is 0. The molecule has 226 valence electrons. The number of hydrogen-bond donors (Lipinski definition) is 1. The Labute approximate surface area is 279 Å². The van der Waals surface area contributed by atoms with Crippen molar-refractivity contribution in [3.05, 3.63) is 140 Å². The van der Waals surface area contributed by atoms with Crippen molar-refractivity contribution in [2.45, 2.75) is 0 Å². The zero-order valence-corrected chi connectivity index (χ0v) is 26.9. The molecule has 6 nitrogen and oxygen atoms in total. The number of aromatic hydroxyl groups is 1. The Bertz CT molecular complexity index is 2360. The van der Waals surface area contributed by atoms with Gasteiger partial charge in [0, 0.05) is 50.0 Å². The monoisotopic (exact) mass is 779 g/mol. The first-order chi connectivity index (χ1) is 22.2. The van der Waals surface area contributed by atoms with Gasteiger partial charge >= 0.3 is 0 Å². The maximum absolute atomic E-state index is 11.0. The first-order valence-electron chi connectivity index (χ1n) is 14.6. The summed E-state index contributed by atoms with van der Waals surface area (Å²) < 4.78 is 13.9. The van der Waals surface area contributed by atoms with E-state index in [9.17, 15) is 5.11 Å². The zero-order chi connectivity index (χ0) is 30.3. The van der Waals surface area contributed by atoms with Gasteiger partial charge in [-0.2, -0.15) is 6.07 Å². The van der Waals surface area contributed by atoms with Gasteiger partial charge in [0.15, 0.2) is 11.5 Å². The molecule has 0 radical (unpaired) electrons. The summed E-state index contributed by atoms with van der Waals surface area (Å²) in [7, 11) is 1.52. The fraction of sp³-hybridized carbons (Fsp3) is 0.0256. The van der Waals surface area contributed by atoms with Crippen LogP contribution < -0.4 is 9.47 Å². The molecular formula is C39H26N3O3Pt-. The second-order valence-corrected chi connectivity index (χ2v) is 10.7. The number of nitrogens with zero attached hydrogens (tertiary/aromatic N) is 3. The summed E-state index contributed by atoms with van der Waals surface area (Å²) in [6, 6.07) is 45.6. The average molecular weight is 780 g/mol.